The SMILES string of the molecule is CSc1nnc(CCCNC(=O)c2ccccc2SCc2cc(C)no2)n1CC(C)C. The number of thioether (sulfide) groups is 2. The summed E-state index contributed by atoms with van der Waals surface area (Å²) in [5.41, 5.74) is 1.53. The Morgan fingerprint density at radius 1 is 1.26 bits per heavy atom. The van der Waals surface area contributed by atoms with Gasteiger partial charge in [0.25, 0.3) is 5.91 Å². The van der Waals surface area contributed by atoms with Gasteiger partial charge in [0, 0.05) is 30.5 Å². The van der Waals surface area contributed by atoms with Gasteiger partial charge >= 0.3 is 0 Å². The van der Waals surface area contributed by atoms with Crippen LogP contribution in [0.15, 0.2) is 44.9 Å². The molecule has 0 saturated carbocycles. The van der Waals surface area contributed by atoms with Crippen LogP contribution >= 0.6 is 23.5 Å². The fourth-order valence-corrected chi connectivity index (χ4v) is 4.61. The Kier molecular flexibility index (Phi) is 8.60. The van der Waals surface area contributed by atoms with Crippen molar-refractivity contribution < 1.29 is 9.32 Å². The lowest BCUT2D eigenvalue weighted by atomic mass is 10.2. The minimum absolute atomic E-state index is 0.0645. The second kappa shape index (κ2) is 11.4. The molecule has 0 bridgehead atoms. The molecular weight excluding hydrogens is 430 g/mol. The molecule has 1 N–H and O–H groups in total. The predicted octanol–water partition coefficient (Wildman–Crippen LogP) is 4.61. The van der Waals surface area contributed by atoms with Gasteiger partial charge in [0.1, 0.15) is 11.6 Å². The van der Waals surface area contributed by atoms with Crippen LogP contribution in [0.5, 0.6) is 0 Å². The Labute approximate surface area is 191 Å². The highest BCUT2D eigenvalue weighted by Gasteiger charge is 2.14. The molecule has 0 atom stereocenters. The molecule has 166 valence electrons. The molecule has 0 radical (unpaired) electrons. The van der Waals surface area contributed by atoms with Gasteiger partial charge in [-0.2, -0.15) is 0 Å². The van der Waals surface area contributed by atoms with Crippen molar-refractivity contribution in [3.05, 3.63) is 53.2 Å². The number of nitrogens with zero attached hydrogens (tertiary/aromatic N) is 4. The summed E-state index contributed by atoms with van der Waals surface area (Å²) in [7, 11) is 0. The summed E-state index contributed by atoms with van der Waals surface area (Å²) >= 11 is 3.18. The smallest absolute Gasteiger partial charge is 0.252 e. The quantitative estimate of drug-likeness (QED) is 0.331. The summed E-state index contributed by atoms with van der Waals surface area (Å²) in [5, 5.41) is 16.5. The molecule has 9 heteroatoms. The number of nitrogens with one attached hydrogen (secondary N) is 1. The minimum Gasteiger partial charge on any atom is -0.360 e. The lowest BCUT2D eigenvalue weighted by Crippen LogP contribution is -2.25. The highest BCUT2D eigenvalue weighted by Crippen LogP contribution is 2.26. The molecule has 0 fully saturated rings. The van der Waals surface area contributed by atoms with Crippen molar-refractivity contribution in [3.8, 4) is 0 Å². The van der Waals surface area contributed by atoms with Crippen LogP contribution < -0.4 is 5.32 Å². The fourth-order valence-electron chi connectivity index (χ4n) is 3.16. The van der Waals surface area contributed by atoms with E-state index in [1.807, 2.05) is 43.5 Å². The lowest BCUT2D eigenvalue weighted by Gasteiger charge is -2.12. The minimum atomic E-state index is -0.0645. The zero-order valence-corrected chi connectivity index (χ0v) is 20.1. The van der Waals surface area contributed by atoms with E-state index >= 15 is 0 Å². The molecule has 7 nitrogen and oxygen atoms in total. The summed E-state index contributed by atoms with van der Waals surface area (Å²) in [4.78, 5) is 13.7. The predicted molar refractivity (Wildman–Crippen MR) is 125 cm³/mol. The van der Waals surface area contributed by atoms with E-state index in [9.17, 15) is 4.79 Å². The number of amides is 1. The number of carbonyl (C=O) groups is 1. The Morgan fingerprint density at radius 3 is 2.77 bits per heavy atom. The second-order valence-corrected chi connectivity index (χ2v) is 9.48. The van der Waals surface area contributed by atoms with Crippen LogP contribution in [-0.4, -0.2) is 38.6 Å². The molecule has 1 amide bonds. The van der Waals surface area contributed by atoms with E-state index in [1.54, 1.807) is 23.5 Å². The first-order valence-corrected chi connectivity index (χ1v) is 12.6. The number of aromatic nitrogens is 4. The molecule has 3 aromatic rings. The average Bonchev–Trinajstić information content (AvgIpc) is 3.34. The van der Waals surface area contributed by atoms with Crippen LogP contribution in [0.3, 0.4) is 0 Å². The topological polar surface area (TPSA) is 85.8 Å². The van der Waals surface area contributed by atoms with Gasteiger partial charge in [-0.1, -0.05) is 42.9 Å². The van der Waals surface area contributed by atoms with Gasteiger partial charge in [-0.15, -0.1) is 22.0 Å². The van der Waals surface area contributed by atoms with Crippen LogP contribution in [-0.2, 0) is 18.7 Å². The number of carbonyl (C=O) groups excluding carboxylic acids is 1. The third kappa shape index (κ3) is 6.61. The van der Waals surface area contributed by atoms with E-state index in [0.29, 0.717) is 23.8 Å². The zero-order chi connectivity index (χ0) is 22.2. The molecule has 0 spiro atoms. The van der Waals surface area contributed by atoms with Gasteiger partial charge in [0.05, 0.1) is 17.0 Å². The van der Waals surface area contributed by atoms with E-state index in [1.165, 1.54) is 0 Å². The Balaban J connectivity index is 1.53. The summed E-state index contributed by atoms with van der Waals surface area (Å²) < 4.78 is 7.45. The van der Waals surface area contributed by atoms with Gasteiger partial charge in [-0.05, 0) is 37.7 Å². The molecule has 0 aliphatic rings. The average molecular weight is 460 g/mol. The summed E-state index contributed by atoms with van der Waals surface area (Å²) in [6.45, 7) is 7.76. The van der Waals surface area contributed by atoms with E-state index in [4.69, 9.17) is 4.52 Å². The van der Waals surface area contributed by atoms with Crippen LogP contribution in [0.4, 0.5) is 0 Å². The van der Waals surface area contributed by atoms with Crippen molar-refractivity contribution in [1.82, 2.24) is 25.2 Å². The molecule has 1 aromatic carbocycles. The second-order valence-electron chi connectivity index (χ2n) is 7.69. The fraction of sp³-hybridized carbons (Fsp3) is 0.455. The number of benzene rings is 1. The Morgan fingerprint density at radius 2 is 2.06 bits per heavy atom. The van der Waals surface area contributed by atoms with Gasteiger partial charge < -0.3 is 14.4 Å². The largest absolute Gasteiger partial charge is 0.360 e. The zero-order valence-electron chi connectivity index (χ0n) is 18.4. The highest BCUT2D eigenvalue weighted by atomic mass is 32.2. The van der Waals surface area contributed by atoms with E-state index in [-0.39, 0.29) is 5.91 Å². The van der Waals surface area contributed by atoms with Crippen molar-refractivity contribution in [3.63, 3.8) is 0 Å². The maximum absolute atomic E-state index is 12.8. The van der Waals surface area contributed by atoms with Gasteiger partial charge in [0.2, 0.25) is 0 Å². The Hall–Kier alpha value is -2.26. The van der Waals surface area contributed by atoms with Crippen molar-refractivity contribution >= 4 is 29.4 Å². The molecule has 0 saturated heterocycles. The van der Waals surface area contributed by atoms with Crippen LogP contribution in [0, 0.1) is 12.8 Å². The molecule has 2 heterocycles. The summed E-state index contributed by atoms with van der Waals surface area (Å²) in [6.07, 6.45) is 3.61. The number of hydrogen-bond donors (Lipinski definition) is 1. The first-order valence-electron chi connectivity index (χ1n) is 10.4. The normalized spacial score (nSPS) is 11.3. The number of rotatable bonds is 11. The molecule has 0 aliphatic carbocycles. The lowest BCUT2D eigenvalue weighted by molar-refractivity contribution is 0.0950. The maximum atomic E-state index is 12.8. The van der Waals surface area contributed by atoms with Crippen LogP contribution in [0.1, 0.15) is 47.9 Å². The molecule has 0 unspecified atom stereocenters. The van der Waals surface area contributed by atoms with Gasteiger partial charge in [-0.25, -0.2) is 0 Å². The Bertz CT molecular complexity index is 999. The monoisotopic (exact) mass is 459 g/mol. The first-order chi connectivity index (χ1) is 15.0. The van der Waals surface area contributed by atoms with Crippen LogP contribution in [0.25, 0.3) is 0 Å². The summed E-state index contributed by atoms with van der Waals surface area (Å²) in [6, 6.07) is 9.55. The van der Waals surface area contributed by atoms with Gasteiger partial charge in [-0.3, -0.25) is 4.79 Å². The van der Waals surface area contributed by atoms with E-state index < -0.39 is 0 Å². The molecule has 2 aromatic heterocycles. The maximum Gasteiger partial charge on any atom is 0.252 e. The molecular formula is C22H29N5O2S2. The van der Waals surface area contributed by atoms with Crippen molar-refractivity contribution in [2.75, 3.05) is 12.8 Å². The van der Waals surface area contributed by atoms with E-state index in [2.05, 4.69) is 39.1 Å². The number of hydrogen-bond acceptors (Lipinski definition) is 7. The van der Waals surface area contributed by atoms with Gasteiger partial charge in [0.15, 0.2) is 5.16 Å². The molecule has 0 aliphatic heterocycles. The molecule has 3 rings (SSSR count). The first kappa shape index (κ1) is 23.4. The highest BCUT2D eigenvalue weighted by molar-refractivity contribution is 7.98. The van der Waals surface area contributed by atoms with E-state index in [0.717, 1.165) is 46.7 Å². The van der Waals surface area contributed by atoms with Crippen molar-refractivity contribution in [2.45, 2.75) is 56.0 Å². The standard InChI is InChI=1S/C22H29N5O2S2/c1-15(2)13-27-20(24-25-22(27)30-4)10-7-11-23-21(28)18-8-5-6-9-19(18)31-14-17-12-16(3)26-29-17/h5-6,8-9,12,15H,7,10-11,13-14H2,1-4H3,(H,23,28). The third-order valence-corrected chi connectivity index (χ3v) is 6.33. The molecule has 31 heavy (non-hydrogen) atoms. The summed E-state index contributed by atoms with van der Waals surface area (Å²) in [5.74, 6) is 2.87. The third-order valence-electron chi connectivity index (χ3n) is 4.56. The number of aryl methyl sites for hydroxylation is 2. The van der Waals surface area contributed by atoms with Crippen molar-refractivity contribution in [1.29, 1.82) is 0 Å². The van der Waals surface area contributed by atoms with Crippen molar-refractivity contribution in [2.24, 2.45) is 5.92 Å². The van der Waals surface area contributed by atoms with Crippen LogP contribution in [0.2, 0.25) is 0 Å².